The van der Waals surface area contributed by atoms with Gasteiger partial charge >= 0.3 is 0 Å². The van der Waals surface area contributed by atoms with Gasteiger partial charge < -0.3 is 14.6 Å². The first kappa shape index (κ1) is 16.6. The van der Waals surface area contributed by atoms with Crippen molar-refractivity contribution in [3.05, 3.63) is 36.2 Å². The highest BCUT2D eigenvalue weighted by Gasteiger charge is 2.12. The molecule has 1 aliphatic rings. The largest absolute Gasteiger partial charge is 0.379 e. The van der Waals surface area contributed by atoms with Gasteiger partial charge in [0.15, 0.2) is 0 Å². The van der Waals surface area contributed by atoms with Crippen molar-refractivity contribution in [3.8, 4) is 11.4 Å². The van der Waals surface area contributed by atoms with Crippen LogP contribution in [0.15, 0.2) is 34.9 Å². The molecule has 3 rings (SSSR count). The predicted octanol–water partition coefficient (Wildman–Crippen LogP) is 1.12. The highest BCUT2D eigenvalue weighted by molar-refractivity contribution is 5.76. The fourth-order valence-electron chi connectivity index (χ4n) is 2.55. The monoisotopic (exact) mass is 330 g/mol. The SMILES string of the molecule is O=C(CCc1nc(-c2ccccc2)no1)NCCN1CCOCC1. The first-order valence-electron chi connectivity index (χ1n) is 8.26. The standard InChI is InChI=1S/C17H22N4O3/c22-15(18-8-9-21-10-12-23-13-11-21)6-7-16-19-17(20-24-16)14-4-2-1-3-5-14/h1-5H,6-13H2,(H,18,22). The van der Waals surface area contributed by atoms with Crippen LogP contribution in [0, 0.1) is 0 Å². The number of benzene rings is 1. The molecule has 1 saturated heterocycles. The van der Waals surface area contributed by atoms with E-state index in [0.29, 0.717) is 31.1 Å². The molecule has 128 valence electrons. The summed E-state index contributed by atoms with van der Waals surface area (Å²) in [6, 6.07) is 9.63. The number of morpholine rings is 1. The molecular weight excluding hydrogens is 308 g/mol. The van der Waals surface area contributed by atoms with E-state index in [-0.39, 0.29) is 5.91 Å². The molecule has 0 aliphatic carbocycles. The van der Waals surface area contributed by atoms with Crippen LogP contribution >= 0.6 is 0 Å². The average molecular weight is 330 g/mol. The summed E-state index contributed by atoms with van der Waals surface area (Å²) < 4.78 is 10.5. The van der Waals surface area contributed by atoms with E-state index in [0.717, 1.165) is 38.4 Å². The van der Waals surface area contributed by atoms with Crippen molar-refractivity contribution in [1.29, 1.82) is 0 Å². The second-order valence-corrected chi connectivity index (χ2v) is 5.68. The third-order valence-corrected chi connectivity index (χ3v) is 3.92. The maximum atomic E-state index is 11.9. The topological polar surface area (TPSA) is 80.5 Å². The van der Waals surface area contributed by atoms with Gasteiger partial charge in [-0.15, -0.1) is 0 Å². The molecule has 2 aromatic rings. The van der Waals surface area contributed by atoms with Crippen molar-refractivity contribution in [2.24, 2.45) is 0 Å². The Morgan fingerprint density at radius 1 is 1.21 bits per heavy atom. The zero-order chi connectivity index (χ0) is 16.6. The minimum absolute atomic E-state index is 0.00252. The molecule has 0 atom stereocenters. The number of aromatic nitrogens is 2. The number of amides is 1. The van der Waals surface area contributed by atoms with Gasteiger partial charge in [-0.05, 0) is 0 Å². The molecule has 0 bridgehead atoms. The number of rotatable bonds is 7. The molecule has 0 spiro atoms. The number of nitrogens with one attached hydrogen (secondary N) is 1. The van der Waals surface area contributed by atoms with E-state index < -0.39 is 0 Å². The Hall–Kier alpha value is -2.25. The van der Waals surface area contributed by atoms with Crippen molar-refractivity contribution in [1.82, 2.24) is 20.4 Å². The van der Waals surface area contributed by atoms with Gasteiger partial charge in [-0.1, -0.05) is 35.5 Å². The van der Waals surface area contributed by atoms with E-state index in [1.165, 1.54) is 0 Å². The molecule has 1 fully saturated rings. The number of nitrogens with zero attached hydrogens (tertiary/aromatic N) is 3. The third-order valence-electron chi connectivity index (χ3n) is 3.92. The van der Waals surface area contributed by atoms with E-state index in [2.05, 4.69) is 20.4 Å². The predicted molar refractivity (Wildman–Crippen MR) is 88.3 cm³/mol. The van der Waals surface area contributed by atoms with Gasteiger partial charge in [0, 0.05) is 44.6 Å². The first-order chi connectivity index (χ1) is 11.8. The van der Waals surface area contributed by atoms with Crippen LogP contribution in [-0.2, 0) is 16.0 Å². The molecule has 1 aromatic carbocycles. The molecule has 1 aromatic heterocycles. The van der Waals surface area contributed by atoms with Crippen LogP contribution in [-0.4, -0.2) is 60.3 Å². The van der Waals surface area contributed by atoms with E-state index in [1.807, 2.05) is 30.3 Å². The van der Waals surface area contributed by atoms with Crippen LogP contribution in [0.1, 0.15) is 12.3 Å². The normalized spacial score (nSPS) is 15.3. The van der Waals surface area contributed by atoms with Crippen LogP contribution < -0.4 is 5.32 Å². The summed E-state index contributed by atoms with van der Waals surface area (Å²) in [5, 5.41) is 6.88. The van der Waals surface area contributed by atoms with Crippen LogP contribution in [0.5, 0.6) is 0 Å². The Bertz CT molecular complexity index is 638. The molecule has 2 heterocycles. The molecule has 1 N–H and O–H groups in total. The van der Waals surface area contributed by atoms with Gasteiger partial charge in [0.2, 0.25) is 17.6 Å². The lowest BCUT2D eigenvalue weighted by Gasteiger charge is -2.26. The second-order valence-electron chi connectivity index (χ2n) is 5.68. The van der Waals surface area contributed by atoms with Crippen molar-refractivity contribution in [2.75, 3.05) is 39.4 Å². The summed E-state index contributed by atoms with van der Waals surface area (Å²) in [5.74, 6) is 1.04. The van der Waals surface area contributed by atoms with Crippen LogP contribution in [0.2, 0.25) is 0 Å². The van der Waals surface area contributed by atoms with Gasteiger partial charge in [-0.25, -0.2) is 0 Å². The van der Waals surface area contributed by atoms with E-state index >= 15 is 0 Å². The maximum absolute atomic E-state index is 11.9. The highest BCUT2D eigenvalue weighted by atomic mass is 16.5. The van der Waals surface area contributed by atoms with Gasteiger partial charge in [0.05, 0.1) is 13.2 Å². The van der Waals surface area contributed by atoms with Crippen molar-refractivity contribution in [3.63, 3.8) is 0 Å². The van der Waals surface area contributed by atoms with Crippen molar-refractivity contribution in [2.45, 2.75) is 12.8 Å². The second kappa shape index (κ2) is 8.56. The minimum atomic E-state index is 0.00252. The Kier molecular flexibility index (Phi) is 5.92. The molecule has 0 saturated carbocycles. The van der Waals surface area contributed by atoms with Crippen LogP contribution in [0.4, 0.5) is 0 Å². The lowest BCUT2D eigenvalue weighted by atomic mass is 10.2. The highest BCUT2D eigenvalue weighted by Crippen LogP contribution is 2.15. The summed E-state index contributed by atoms with van der Waals surface area (Å²) in [4.78, 5) is 18.5. The number of ether oxygens (including phenoxy) is 1. The quantitative estimate of drug-likeness (QED) is 0.819. The summed E-state index contributed by atoms with van der Waals surface area (Å²) in [6.45, 7) is 4.91. The number of hydrogen-bond donors (Lipinski definition) is 1. The summed E-state index contributed by atoms with van der Waals surface area (Å²) in [5.41, 5.74) is 0.905. The molecule has 0 unspecified atom stereocenters. The van der Waals surface area contributed by atoms with Gasteiger partial charge in [0.25, 0.3) is 0 Å². The van der Waals surface area contributed by atoms with Gasteiger partial charge in [-0.2, -0.15) is 4.98 Å². The Labute approximate surface area is 141 Å². The van der Waals surface area contributed by atoms with Crippen LogP contribution in [0.25, 0.3) is 11.4 Å². The molecule has 1 aliphatic heterocycles. The number of aryl methyl sites for hydroxylation is 1. The lowest BCUT2D eigenvalue weighted by Crippen LogP contribution is -2.41. The Balaban J connectivity index is 1.38. The van der Waals surface area contributed by atoms with E-state index in [1.54, 1.807) is 0 Å². The van der Waals surface area contributed by atoms with Crippen molar-refractivity contribution >= 4 is 5.91 Å². The molecule has 7 heteroatoms. The minimum Gasteiger partial charge on any atom is -0.379 e. The van der Waals surface area contributed by atoms with E-state index in [4.69, 9.17) is 9.26 Å². The maximum Gasteiger partial charge on any atom is 0.227 e. The van der Waals surface area contributed by atoms with Crippen molar-refractivity contribution < 1.29 is 14.1 Å². The average Bonchev–Trinajstić information content (AvgIpc) is 3.11. The lowest BCUT2D eigenvalue weighted by molar-refractivity contribution is -0.121. The third kappa shape index (κ3) is 4.87. The smallest absolute Gasteiger partial charge is 0.227 e. The number of carbonyl (C=O) groups excluding carboxylic acids is 1. The fraction of sp³-hybridized carbons (Fsp3) is 0.471. The molecule has 1 amide bonds. The molecule has 7 nitrogen and oxygen atoms in total. The summed E-state index contributed by atoms with van der Waals surface area (Å²) in [6.07, 6.45) is 0.794. The molecule has 24 heavy (non-hydrogen) atoms. The molecule has 0 radical (unpaired) electrons. The first-order valence-corrected chi connectivity index (χ1v) is 8.26. The summed E-state index contributed by atoms with van der Waals surface area (Å²) >= 11 is 0. The van der Waals surface area contributed by atoms with Crippen LogP contribution in [0.3, 0.4) is 0 Å². The zero-order valence-electron chi connectivity index (χ0n) is 13.6. The molecular formula is C17H22N4O3. The number of hydrogen-bond acceptors (Lipinski definition) is 6. The van der Waals surface area contributed by atoms with E-state index in [9.17, 15) is 4.79 Å². The Morgan fingerprint density at radius 2 is 2.00 bits per heavy atom. The van der Waals surface area contributed by atoms with Gasteiger partial charge in [0.1, 0.15) is 0 Å². The zero-order valence-corrected chi connectivity index (χ0v) is 13.6. The fourth-order valence-corrected chi connectivity index (χ4v) is 2.55. The number of carbonyl (C=O) groups is 1. The van der Waals surface area contributed by atoms with Gasteiger partial charge in [-0.3, -0.25) is 9.69 Å². The summed E-state index contributed by atoms with van der Waals surface area (Å²) in [7, 11) is 0. The Morgan fingerprint density at radius 3 is 2.79 bits per heavy atom.